The van der Waals surface area contributed by atoms with Crippen molar-refractivity contribution in [1.82, 2.24) is 19.2 Å². The minimum absolute atomic E-state index is 0.181. The Labute approximate surface area is 197 Å². The molecule has 3 aromatic rings. The number of hydrogen-bond donors (Lipinski definition) is 1. The van der Waals surface area contributed by atoms with Crippen molar-refractivity contribution in [2.45, 2.75) is 23.8 Å². The first-order valence-electron chi connectivity index (χ1n) is 10.5. The van der Waals surface area contributed by atoms with Crippen LogP contribution in [0.5, 0.6) is 0 Å². The highest BCUT2D eigenvalue weighted by Gasteiger charge is 2.33. The molecule has 10 heteroatoms. The van der Waals surface area contributed by atoms with Gasteiger partial charge in [0.15, 0.2) is 0 Å². The Morgan fingerprint density at radius 2 is 1.76 bits per heavy atom. The molecule has 1 aliphatic rings. The van der Waals surface area contributed by atoms with Crippen LogP contribution in [0.2, 0.25) is 5.02 Å². The van der Waals surface area contributed by atoms with Gasteiger partial charge in [0.25, 0.3) is 0 Å². The summed E-state index contributed by atoms with van der Waals surface area (Å²) in [6.45, 7) is 0.485. The number of nitrogens with zero attached hydrogens (tertiary/aromatic N) is 3. The molecule has 4 rings (SSSR count). The molecule has 1 atom stereocenters. The second-order valence-corrected chi connectivity index (χ2v) is 10.4. The molecular formula is C23H24ClFN4O3S. The number of rotatable bonds is 6. The molecule has 0 saturated carbocycles. The van der Waals surface area contributed by atoms with E-state index in [9.17, 15) is 17.6 Å². The van der Waals surface area contributed by atoms with E-state index in [1.807, 2.05) is 7.05 Å². The zero-order valence-corrected chi connectivity index (χ0v) is 19.6. The lowest BCUT2D eigenvalue weighted by Crippen LogP contribution is -2.44. The first kappa shape index (κ1) is 23.4. The van der Waals surface area contributed by atoms with Gasteiger partial charge >= 0.3 is 0 Å². The summed E-state index contributed by atoms with van der Waals surface area (Å²) in [5.41, 5.74) is 0.710. The molecule has 1 fully saturated rings. The fraction of sp³-hybridized carbons (Fsp3) is 0.304. The Morgan fingerprint density at radius 3 is 2.33 bits per heavy atom. The van der Waals surface area contributed by atoms with Crippen LogP contribution in [0, 0.1) is 11.7 Å². The second kappa shape index (κ2) is 9.62. The summed E-state index contributed by atoms with van der Waals surface area (Å²) in [5.74, 6) is -0.267. The highest BCUT2D eigenvalue weighted by atomic mass is 35.5. The molecule has 1 saturated heterocycles. The number of sulfonamides is 1. The van der Waals surface area contributed by atoms with Crippen molar-refractivity contribution in [1.29, 1.82) is 0 Å². The zero-order chi connectivity index (χ0) is 23.6. The molecule has 0 aliphatic carbocycles. The highest BCUT2D eigenvalue weighted by Crippen LogP contribution is 2.27. The van der Waals surface area contributed by atoms with E-state index < -0.39 is 16.1 Å². The van der Waals surface area contributed by atoms with Crippen LogP contribution < -0.4 is 5.32 Å². The Morgan fingerprint density at radius 1 is 1.12 bits per heavy atom. The van der Waals surface area contributed by atoms with Crippen LogP contribution in [0.15, 0.2) is 65.8 Å². The summed E-state index contributed by atoms with van der Waals surface area (Å²) in [4.78, 5) is 17.7. The number of carbonyl (C=O) groups is 1. The van der Waals surface area contributed by atoms with Crippen LogP contribution in [0.3, 0.4) is 0 Å². The fourth-order valence-corrected chi connectivity index (χ4v) is 5.58. The normalized spacial score (nSPS) is 16.5. The van der Waals surface area contributed by atoms with Crippen molar-refractivity contribution < 1.29 is 17.6 Å². The molecule has 1 N–H and O–H groups in total. The van der Waals surface area contributed by atoms with Crippen LogP contribution in [0.1, 0.15) is 30.3 Å². The minimum atomic E-state index is -3.64. The number of amides is 1. The second-order valence-electron chi connectivity index (χ2n) is 8.02. The minimum Gasteiger partial charge on any atom is -0.342 e. The maximum absolute atomic E-state index is 13.4. The van der Waals surface area contributed by atoms with E-state index in [1.165, 1.54) is 28.6 Å². The van der Waals surface area contributed by atoms with Crippen LogP contribution in [-0.2, 0) is 21.9 Å². The summed E-state index contributed by atoms with van der Waals surface area (Å²) >= 11 is 5.86. The molecule has 0 unspecified atom stereocenters. The van der Waals surface area contributed by atoms with Crippen molar-refractivity contribution in [3.63, 3.8) is 0 Å². The molecule has 2 heterocycles. The van der Waals surface area contributed by atoms with E-state index in [0.29, 0.717) is 29.3 Å². The van der Waals surface area contributed by atoms with Gasteiger partial charge in [0.05, 0.1) is 4.90 Å². The largest absolute Gasteiger partial charge is 0.342 e. The Hall–Kier alpha value is -2.75. The number of imidazole rings is 1. The summed E-state index contributed by atoms with van der Waals surface area (Å²) in [7, 11) is -1.82. The SMILES string of the molecule is Cn1ccnc1[C@@H](NC(=O)C1CCN(S(=O)(=O)c2ccc(Cl)cc2)CC1)c1ccc(F)cc1. The lowest BCUT2D eigenvalue weighted by molar-refractivity contribution is -0.126. The van der Waals surface area contributed by atoms with Crippen LogP contribution in [0.25, 0.3) is 0 Å². The smallest absolute Gasteiger partial charge is 0.243 e. The summed E-state index contributed by atoms with van der Waals surface area (Å²) in [5, 5.41) is 3.50. The molecule has 1 aromatic heterocycles. The number of hydrogen-bond acceptors (Lipinski definition) is 4. The summed E-state index contributed by atoms with van der Waals surface area (Å²) in [6.07, 6.45) is 4.21. The van der Waals surface area contributed by atoms with Gasteiger partial charge in [0, 0.05) is 43.5 Å². The number of carbonyl (C=O) groups excluding carboxylic acids is 1. The lowest BCUT2D eigenvalue weighted by Gasteiger charge is -2.31. The average Bonchev–Trinajstić information content (AvgIpc) is 3.24. The van der Waals surface area contributed by atoms with Gasteiger partial charge in [-0.1, -0.05) is 23.7 Å². The third-order valence-corrected chi connectivity index (χ3v) is 8.05. The van der Waals surface area contributed by atoms with Crippen molar-refractivity contribution in [3.05, 3.63) is 83.2 Å². The van der Waals surface area contributed by atoms with Gasteiger partial charge in [0.1, 0.15) is 17.7 Å². The molecule has 0 bridgehead atoms. The third-order valence-electron chi connectivity index (χ3n) is 5.88. The number of aromatic nitrogens is 2. The topological polar surface area (TPSA) is 84.3 Å². The van der Waals surface area contributed by atoms with Gasteiger partial charge in [-0.2, -0.15) is 4.31 Å². The number of nitrogens with one attached hydrogen (secondary N) is 1. The van der Waals surface area contributed by atoms with Crippen molar-refractivity contribution in [3.8, 4) is 0 Å². The molecule has 0 radical (unpaired) electrons. The van der Waals surface area contributed by atoms with Crippen LogP contribution >= 0.6 is 11.6 Å². The van der Waals surface area contributed by atoms with Gasteiger partial charge in [-0.3, -0.25) is 4.79 Å². The van der Waals surface area contributed by atoms with Gasteiger partial charge in [-0.25, -0.2) is 17.8 Å². The predicted molar refractivity (Wildman–Crippen MR) is 123 cm³/mol. The van der Waals surface area contributed by atoms with Crippen molar-refractivity contribution in [2.75, 3.05) is 13.1 Å². The first-order valence-corrected chi connectivity index (χ1v) is 12.4. The monoisotopic (exact) mass is 490 g/mol. The van der Waals surface area contributed by atoms with E-state index in [4.69, 9.17) is 11.6 Å². The average molecular weight is 491 g/mol. The van der Waals surface area contributed by atoms with Crippen LogP contribution in [-0.4, -0.2) is 41.3 Å². The predicted octanol–water partition coefficient (Wildman–Crippen LogP) is 3.52. The standard InChI is InChI=1S/C23H24ClFN4O3S/c1-28-15-12-26-22(28)21(16-2-6-19(25)7-3-16)27-23(30)17-10-13-29(14-11-17)33(31,32)20-8-4-18(24)5-9-20/h2-9,12,15,17,21H,10-11,13-14H2,1H3,(H,27,30)/t21-/m0/s1. The van der Waals surface area contributed by atoms with Gasteiger partial charge < -0.3 is 9.88 Å². The van der Waals surface area contributed by atoms with Gasteiger partial charge in [-0.15, -0.1) is 0 Å². The lowest BCUT2D eigenvalue weighted by atomic mass is 9.96. The number of halogens is 2. The third kappa shape index (κ3) is 5.10. The molecule has 7 nitrogen and oxygen atoms in total. The maximum atomic E-state index is 13.4. The van der Waals surface area contributed by atoms with Gasteiger partial charge in [0.2, 0.25) is 15.9 Å². The Bertz CT molecular complexity index is 1220. The zero-order valence-electron chi connectivity index (χ0n) is 18.0. The van der Waals surface area contributed by atoms with Crippen molar-refractivity contribution in [2.24, 2.45) is 13.0 Å². The molecule has 1 aliphatic heterocycles. The fourth-order valence-electron chi connectivity index (χ4n) is 3.98. The number of piperidine rings is 1. The molecule has 2 aromatic carbocycles. The Kier molecular flexibility index (Phi) is 6.83. The van der Waals surface area contributed by atoms with E-state index in [-0.39, 0.29) is 35.6 Å². The molecule has 33 heavy (non-hydrogen) atoms. The molecular weight excluding hydrogens is 467 g/mol. The molecule has 0 spiro atoms. The maximum Gasteiger partial charge on any atom is 0.243 e. The van der Waals surface area contributed by atoms with Gasteiger partial charge in [-0.05, 0) is 54.8 Å². The van der Waals surface area contributed by atoms with E-state index in [2.05, 4.69) is 10.3 Å². The first-order chi connectivity index (χ1) is 15.8. The van der Waals surface area contributed by atoms with E-state index in [0.717, 1.165) is 0 Å². The highest BCUT2D eigenvalue weighted by molar-refractivity contribution is 7.89. The summed E-state index contributed by atoms with van der Waals surface area (Å²) in [6, 6.07) is 11.4. The van der Waals surface area contributed by atoms with E-state index in [1.54, 1.807) is 41.2 Å². The van der Waals surface area contributed by atoms with Crippen molar-refractivity contribution >= 4 is 27.5 Å². The van der Waals surface area contributed by atoms with E-state index >= 15 is 0 Å². The molecule has 1 amide bonds. The quantitative estimate of drug-likeness (QED) is 0.573. The van der Waals surface area contributed by atoms with Crippen LogP contribution in [0.4, 0.5) is 4.39 Å². The Balaban J connectivity index is 1.45. The number of benzene rings is 2. The number of aryl methyl sites for hydroxylation is 1. The summed E-state index contributed by atoms with van der Waals surface area (Å²) < 4.78 is 42.4. The molecule has 174 valence electrons.